The molecule has 0 saturated carbocycles. The number of rotatable bonds is 2. The molecular formula is C23H21Cl3N5V. The van der Waals surface area contributed by atoms with Crippen molar-refractivity contribution in [1.82, 2.24) is 24.1 Å². The summed E-state index contributed by atoms with van der Waals surface area (Å²) in [6, 6.07) is 18.7. The maximum Gasteiger partial charge on any atom is 3.00 e. The maximum absolute atomic E-state index is 4.90. The smallest absolute Gasteiger partial charge is 1.00 e. The van der Waals surface area contributed by atoms with Gasteiger partial charge in [-0.05, 0) is 61.4 Å². The van der Waals surface area contributed by atoms with Gasteiger partial charge >= 0.3 is 18.6 Å². The van der Waals surface area contributed by atoms with Crippen molar-refractivity contribution >= 4 is 22.1 Å². The van der Waals surface area contributed by atoms with E-state index in [-0.39, 0.29) is 55.8 Å². The van der Waals surface area contributed by atoms with Crippen molar-refractivity contribution in [3.8, 4) is 23.0 Å². The van der Waals surface area contributed by atoms with Gasteiger partial charge in [0, 0.05) is 14.1 Å². The van der Waals surface area contributed by atoms with Crippen LogP contribution in [-0.2, 0) is 32.7 Å². The summed E-state index contributed by atoms with van der Waals surface area (Å²) in [7, 11) is 4.07. The van der Waals surface area contributed by atoms with Crippen molar-refractivity contribution in [3.63, 3.8) is 0 Å². The second-order valence-electron chi connectivity index (χ2n) is 7.38. The molecule has 5 aromatic rings. The third-order valence-corrected chi connectivity index (χ3v) is 5.28. The minimum Gasteiger partial charge on any atom is -1.00 e. The molecule has 5 rings (SSSR count). The SMILES string of the molecule is Cc1ccc2c(c1)nc(-c1cccc(-c3nc4cc(C)ccc4n3C)n1)n2C.[Cl-].[Cl-].[Cl-].[V+3]. The van der Waals surface area contributed by atoms with Gasteiger partial charge in [-0.3, -0.25) is 0 Å². The Morgan fingerprint density at radius 3 is 1.41 bits per heavy atom. The summed E-state index contributed by atoms with van der Waals surface area (Å²) in [5.74, 6) is 1.72. The number of pyridine rings is 1. The van der Waals surface area contributed by atoms with E-state index in [0.29, 0.717) is 0 Å². The zero-order chi connectivity index (χ0) is 19.4. The Labute approximate surface area is 217 Å². The molecule has 0 amide bonds. The molecule has 0 aliphatic heterocycles. The van der Waals surface area contributed by atoms with Gasteiger partial charge in [-0.25, -0.2) is 15.0 Å². The molecule has 0 aliphatic rings. The van der Waals surface area contributed by atoms with Crippen LogP contribution in [0, 0.1) is 13.8 Å². The van der Waals surface area contributed by atoms with Crippen LogP contribution < -0.4 is 37.2 Å². The first kappa shape index (κ1) is 28.0. The largest absolute Gasteiger partial charge is 3.00 e. The Kier molecular flexibility index (Phi) is 9.40. The fourth-order valence-electron chi connectivity index (χ4n) is 3.76. The van der Waals surface area contributed by atoms with Gasteiger partial charge in [0.2, 0.25) is 0 Å². The average Bonchev–Trinajstić information content (AvgIpc) is 3.18. The van der Waals surface area contributed by atoms with Gasteiger partial charge in [-0.1, -0.05) is 18.2 Å². The van der Waals surface area contributed by atoms with Crippen LogP contribution in [0.4, 0.5) is 0 Å². The van der Waals surface area contributed by atoms with Crippen LogP contribution in [0.25, 0.3) is 45.1 Å². The number of halogens is 3. The molecule has 3 heterocycles. The van der Waals surface area contributed by atoms with Gasteiger partial charge < -0.3 is 46.4 Å². The first-order valence-electron chi connectivity index (χ1n) is 9.35. The molecule has 0 fully saturated rings. The van der Waals surface area contributed by atoms with Crippen molar-refractivity contribution in [2.24, 2.45) is 14.1 Å². The average molecular weight is 525 g/mol. The number of nitrogens with zero attached hydrogens (tertiary/aromatic N) is 5. The summed E-state index contributed by atoms with van der Waals surface area (Å²) in [6.07, 6.45) is 0. The van der Waals surface area contributed by atoms with E-state index in [1.807, 2.05) is 32.3 Å². The number of imidazole rings is 2. The van der Waals surface area contributed by atoms with Crippen molar-refractivity contribution in [3.05, 3.63) is 65.7 Å². The number of hydrogen-bond acceptors (Lipinski definition) is 3. The number of benzene rings is 2. The summed E-state index contributed by atoms with van der Waals surface area (Å²) in [6.45, 7) is 4.17. The fourth-order valence-corrected chi connectivity index (χ4v) is 3.76. The van der Waals surface area contributed by atoms with E-state index >= 15 is 0 Å². The Hall–Kier alpha value is -2.02. The molecule has 0 N–H and O–H groups in total. The van der Waals surface area contributed by atoms with Gasteiger partial charge in [0.15, 0.2) is 11.6 Å². The number of aryl methyl sites for hydroxylation is 4. The van der Waals surface area contributed by atoms with E-state index in [9.17, 15) is 0 Å². The molecule has 0 spiro atoms. The molecule has 2 aromatic carbocycles. The summed E-state index contributed by atoms with van der Waals surface area (Å²) in [4.78, 5) is 14.6. The molecule has 0 bridgehead atoms. The number of hydrogen-bond donors (Lipinski definition) is 0. The minimum absolute atomic E-state index is 0. The minimum atomic E-state index is 0. The Morgan fingerprint density at radius 1 is 0.594 bits per heavy atom. The van der Waals surface area contributed by atoms with Crippen LogP contribution in [0.3, 0.4) is 0 Å². The zero-order valence-corrected chi connectivity index (χ0v) is 21.7. The standard InChI is InChI=1S/C23H21N5.3ClH.V/c1-14-8-10-20-18(12-14)25-22(27(20)3)16-6-5-7-17(24-16)23-26-19-13-15(2)9-11-21(19)28(23)4;;;;/h5-13H,1-4H3;3*1H;/q;;;;+3/p-3. The summed E-state index contributed by atoms with van der Waals surface area (Å²) >= 11 is 0. The monoisotopic (exact) mass is 523 g/mol. The molecular weight excluding hydrogens is 504 g/mol. The predicted octanol–water partition coefficient (Wildman–Crippen LogP) is -4.18. The summed E-state index contributed by atoms with van der Waals surface area (Å²) < 4.78 is 4.19. The second-order valence-corrected chi connectivity index (χ2v) is 7.38. The molecule has 3 aromatic heterocycles. The summed E-state index contributed by atoms with van der Waals surface area (Å²) in [5, 5.41) is 0. The molecule has 32 heavy (non-hydrogen) atoms. The Morgan fingerprint density at radius 2 is 1.00 bits per heavy atom. The van der Waals surface area contributed by atoms with Crippen LogP contribution in [0.15, 0.2) is 54.6 Å². The Bertz CT molecular complexity index is 1280. The van der Waals surface area contributed by atoms with Crippen molar-refractivity contribution in [1.29, 1.82) is 0 Å². The van der Waals surface area contributed by atoms with Gasteiger partial charge in [0.05, 0.1) is 22.1 Å². The summed E-state index contributed by atoms with van der Waals surface area (Å²) in [5.41, 5.74) is 8.28. The number of fused-ring (bicyclic) bond motifs is 2. The van der Waals surface area contributed by atoms with E-state index in [1.165, 1.54) is 11.1 Å². The third-order valence-electron chi connectivity index (χ3n) is 5.28. The first-order valence-corrected chi connectivity index (χ1v) is 9.35. The van der Waals surface area contributed by atoms with Crippen LogP contribution in [0.5, 0.6) is 0 Å². The molecule has 164 valence electrons. The van der Waals surface area contributed by atoms with Crippen LogP contribution >= 0.6 is 0 Å². The van der Waals surface area contributed by atoms with Gasteiger partial charge in [0.1, 0.15) is 11.4 Å². The molecule has 0 saturated heterocycles. The molecule has 0 atom stereocenters. The topological polar surface area (TPSA) is 48.5 Å². The van der Waals surface area contributed by atoms with Crippen molar-refractivity contribution in [2.45, 2.75) is 13.8 Å². The van der Waals surface area contributed by atoms with E-state index < -0.39 is 0 Å². The Balaban J connectivity index is 0.00000128. The van der Waals surface area contributed by atoms with Gasteiger partial charge in [-0.15, -0.1) is 0 Å². The van der Waals surface area contributed by atoms with E-state index in [4.69, 9.17) is 15.0 Å². The van der Waals surface area contributed by atoms with Gasteiger partial charge in [-0.2, -0.15) is 0 Å². The normalized spacial score (nSPS) is 10.1. The molecule has 0 aliphatic carbocycles. The molecule has 0 unspecified atom stereocenters. The number of aromatic nitrogens is 5. The third kappa shape index (κ3) is 4.68. The molecule has 0 radical (unpaired) electrons. The van der Waals surface area contributed by atoms with Crippen molar-refractivity contribution in [2.75, 3.05) is 0 Å². The maximum atomic E-state index is 4.90. The van der Waals surface area contributed by atoms with E-state index in [1.54, 1.807) is 0 Å². The van der Waals surface area contributed by atoms with Crippen LogP contribution in [-0.4, -0.2) is 24.1 Å². The van der Waals surface area contributed by atoms with Crippen molar-refractivity contribution < 1.29 is 55.8 Å². The van der Waals surface area contributed by atoms with Gasteiger partial charge in [0.25, 0.3) is 0 Å². The van der Waals surface area contributed by atoms with Crippen LogP contribution in [0.2, 0.25) is 0 Å². The van der Waals surface area contributed by atoms with Crippen LogP contribution in [0.1, 0.15) is 11.1 Å². The van der Waals surface area contributed by atoms with E-state index in [2.05, 4.69) is 59.4 Å². The fraction of sp³-hybridized carbons (Fsp3) is 0.174. The van der Waals surface area contributed by atoms with E-state index in [0.717, 1.165) is 45.1 Å². The molecule has 5 nitrogen and oxygen atoms in total. The molecule has 9 heteroatoms. The zero-order valence-electron chi connectivity index (χ0n) is 18.0. The second kappa shape index (κ2) is 10.7. The predicted molar refractivity (Wildman–Crippen MR) is 113 cm³/mol. The first-order chi connectivity index (χ1) is 13.5. The quantitative estimate of drug-likeness (QED) is 0.236.